The van der Waals surface area contributed by atoms with Crippen molar-refractivity contribution in [3.63, 3.8) is 0 Å². The molecule has 0 bridgehead atoms. The molecule has 0 saturated carbocycles. The molecule has 0 unspecified atom stereocenters. The van der Waals surface area contributed by atoms with Crippen molar-refractivity contribution in [3.05, 3.63) is 0 Å². The van der Waals surface area contributed by atoms with Crippen LogP contribution < -0.4 is 0 Å². The highest BCUT2D eigenvalue weighted by molar-refractivity contribution is 6.79. The fourth-order valence-corrected chi connectivity index (χ4v) is 11.6. The quantitative estimate of drug-likeness (QED) is 0.126. The van der Waals surface area contributed by atoms with Gasteiger partial charge >= 0.3 is 0 Å². The summed E-state index contributed by atoms with van der Waals surface area (Å²) in [5, 5.41) is 6.78. The zero-order valence-corrected chi connectivity index (χ0v) is 21.3. The number of hydrogen-bond acceptors (Lipinski definition) is 0. The van der Waals surface area contributed by atoms with E-state index < -0.39 is 13.1 Å². The van der Waals surface area contributed by atoms with Gasteiger partial charge in [0.05, 0.1) is 0 Å². The van der Waals surface area contributed by atoms with Crippen LogP contribution in [-0.4, -0.2) is 13.1 Å². The lowest BCUT2D eigenvalue weighted by Gasteiger charge is -2.37. The first kappa shape index (κ1) is 27.5. The normalized spacial score (nSPS) is 12.0. The van der Waals surface area contributed by atoms with Crippen LogP contribution in [0.25, 0.3) is 0 Å². The molecule has 0 spiro atoms. The maximum atomic E-state index is 2.36. The molecule has 0 aromatic rings. The average Bonchev–Trinajstić information content (AvgIpc) is 2.68. The Balaban J connectivity index is 4.61. The third kappa shape index (κ3) is 17.1. The van der Waals surface area contributed by atoms with Gasteiger partial charge in [0.1, 0.15) is 13.1 Å². The van der Waals surface area contributed by atoms with Crippen molar-refractivity contribution in [2.75, 3.05) is 0 Å². The minimum atomic E-state index is -1.36. The van der Waals surface area contributed by atoms with Gasteiger partial charge in [-0.3, -0.25) is 0 Å². The van der Waals surface area contributed by atoms with E-state index in [4.69, 9.17) is 0 Å². The first-order chi connectivity index (χ1) is 13.2. The van der Waals surface area contributed by atoms with Crippen molar-refractivity contribution in [1.82, 2.24) is 0 Å². The van der Waals surface area contributed by atoms with E-state index in [-0.39, 0.29) is 0 Å². The minimum absolute atomic E-state index is 1.36. The summed E-state index contributed by atoms with van der Waals surface area (Å²) in [6.45, 7) is 9.42. The molecule has 0 nitrogen and oxygen atoms in total. The van der Waals surface area contributed by atoms with Crippen molar-refractivity contribution in [2.45, 2.75) is 164 Å². The van der Waals surface area contributed by atoms with Gasteiger partial charge in [-0.05, 0) is 0 Å². The van der Waals surface area contributed by atoms with E-state index >= 15 is 0 Å². The Morgan fingerprint density at radius 2 is 0.519 bits per heavy atom. The van der Waals surface area contributed by atoms with Crippen molar-refractivity contribution in [1.29, 1.82) is 0 Å². The number of hydrogen-bond donors (Lipinski definition) is 0. The maximum absolute atomic E-state index is 2.36. The maximum Gasteiger partial charge on any atom is 0.134 e. The molecule has 0 atom stereocenters. The molecule has 0 aromatic heterocycles. The molecule has 0 saturated heterocycles. The van der Waals surface area contributed by atoms with Crippen LogP contribution in [-0.2, 0) is 0 Å². The zero-order valence-electron chi connectivity index (χ0n) is 20.1. The Kier molecular flexibility index (Phi) is 21.7. The smallest absolute Gasteiger partial charge is 0.134 e. The third-order valence-corrected chi connectivity index (χ3v) is 13.7. The summed E-state index contributed by atoms with van der Waals surface area (Å²) >= 11 is -1.36. The van der Waals surface area contributed by atoms with Gasteiger partial charge in [-0.1, -0.05) is 143 Å². The van der Waals surface area contributed by atoms with Gasteiger partial charge in [0.25, 0.3) is 0 Å². The van der Waals surface area contributed by atoms with E-state index in [1.54, 1.807) is 46.8 Å². The van der Waals surface area contributed by atoms with Crippen molar-refractivity contribution in [2.24, 2.45) is 0 Å². The van der Waals surface area contributed by atoms with Crippen LogP contribution in [0.1, 0.15) is 143 Å². The fourth-order valence-electron chi connectivity index (χ4n) is 5.24. The molecule has 0 amide bonds. The summed E-state index contributed by atoms with van der Waals surface area (Å²) in [6.07, 6.45) is 26.7. The summed E-state index contributed by atoms with van der Waals surface area (Å²) in [4.78, 5) is 0. The molecule has 0 aliphatic heterocycles. The summed E-state index contributed by atoms with van der Waals surface area (Å²) in [5.41, 5.74) is 0. The van der Waals surface area contributed by atoms with E-state index in [0.29, 0.717) is 0 Å². The Hall–Kier alpha value is 0.532. The van der Waals surface area contributed by atoms with Gasteiger partial charge in [0.15, 0.2) is 0 Å². The fraction of sp³-hybridized carbons (Fsp3) is 1.00. The van der Waals surface area contributed by atoms with Gasteiger partial charge < -0.3 is 0 Å². The molecule has 0 aliphatic rings. The molecule has 0 rings (SSSR count). The monoisotopic (exact) mass is 395 g/mol. The van der Waals surface area contributed by atoms with Gasteiger partial charge in [0.2, 0.25) is 0 Å². The molecular weight excluding hydrogens is 339 g/mol. The molecule has 0 N–H and O–H groups in total. The second-order valence-electron chi connectivity index (χ2n) is 9.84. The van der Waals surface area contributed by atoms with E-state index in [1.807, 2.05) is 0 Å². The lowest BCUT2D eigenvalue weighted by atomic mass is 10.1. The van der Waals surface area contributed by atoms with E-state index in [9.17, 15) is 0 Å². The topological polar surface area (TPSA) is 0 Å². The summed E-state index contributed by atoms with van der Waals surface area (Å²) < 4.78 is 0. The summed E-state index contributed by atoms with van der Waals surface area (Å²) in [5.74, 6) is 0. The van der Waals surface area contributed by atoms with Crippen molar-refractivity contribution in [3.8, 4) is 0 Å². The van der Waals surface area contributed by atoms with Crippen LogP contribution >= 0.6 is 0 Å². The molecule has 0 radical (unpaired) electrons. The first-order valence-corrected chi connectivity index (χ1v) is 16.7. The average molecular weight is 396 g/mol. The molecule has 164 valence electrons. The van der Waals surface area contributed by atoms with Crippen LogP contribution in [0.4, 0.5) is 0 Å². The lowest BCUT2D eigenvalue weighted by Crippen LogP contribution is -2.34. The van der Waals surface area contributed by atoms with Crippen LogP contribution in [0.5, 0.6) is 0 Å². The van der Waals surface area contributed by atoms with Gasteiger partial charge in [-0.25, -0.2) is 0 Å². The Bertz CT molecular complexity index is 242. The predicted molar refractivity (Wildman–Crippen MR) is 131 cm³/mol. The molecule has 1 heteroatoms. The Morgan fingerprint density at radius 3 is 0.815 bits per heavy atom. The molecule has 0 aromatic carbocycles. The van der Waals surface area contributed by atoms with Gasteiger partial charge in [-0.2, -0.15) is 21.1 Å². The lowest BCUT2D eigenvalue weighted by molar-refractivity contribution is 0.615. The van der Waals surface area contributed by atoms with Crippen molar-refractivity contribution < 1.29 is 0 Å². The number of rotatable bonds is 22. The molecule has 27 heavy (non-hydrogen) atoms. The van der Waals surface area contributed by atoms with Crippen LogP contribution in [0.15, 0.2) is 0 Å². The Labute approximate surface area is 177 Å². The first-order valence-electron chi connectivity index (χ1n) is 13.5. The molecule has 0 heterocycles. The van der Waals surface area contributed by atoms with Gasteiger partial charge in [-0.15, -0.1) is 0 Å². The van der Waals surface area contributed by atoms with E-state index in [0.717, 1.165) is 0 Å². The Morgan fingerprint density at radius 1 is 0.296 bits per heavy atom. The number of unbranched alkanes of at least 4 members (excludes halogenated alkanes) is 14. The second-order valence-corrected chi connectivity index (χ2v) is 15.6. The highest BCUT2D eigenvalue weighted by atomic mass is 27.2. The summed E-state index contributed by atoms with van der Waals surface area (Å²) in [6, 6.07) is 0. The van der Waals surface area contributed by atoms with Crippen LogP contribution in [0.2, 0.25) is 21.1 Å². The van der Waals surface area contributed by atoms with Crippen molar-refractivity contribution >= 4 is 13.1 Å². The largest absolute Gasteiger partial charge is 0.191 e. The van der Waals surface area contributed by atoms with Crippen LogP contribution in [0, 0.1) is 0 Å². The molecule has 0 fully saturated rings. The standard InChI is InChI=1S/C8H17.3C6H13.Al/c1-3-5-7-8-6-4-2;3*1-3-5-6-4-2;/h1,3-8H2,2H3;3*1,3-6H2,2H3;/q;;;;-1. The zero-order chi connectivity index (χ0) is 20.1. The predicted octanol–water partition coefficient (Wildman–Crippen LogP) is 10.5. The minimum Gasteiger partial charge on any atom is -0.191 e. The van der Waals surface area contributed by atoms with Crippen LogP contribution in [0.3, 0.4) is 0 Å². The third-order valence-electron chi connectivity index (χ3n) is 7.18. The van der Waals surface area contributed by atoms with E-state index in [2.05, 4.69) is 27.7 Å². The highest BCUT2D eigenvalue weighted by Gasteiger charge is 2.27. The molecular formula is C26H56Al-. The van der Waals surface area contributed by atoms with Gasteiger partial charge in [0, 0.05) is 0 Å². The van der Waals surface area contributed by atoms with E-state index in [1.165, 1.54) is 89.9 Å². The highest BCUT2D eigenvalue weighted by Crippen LogP contribution is 2.35. The second kappa shape index (κ2) is 21.2. The SMILES string of the molecule is CCCCCCC[CH2][Al-]([CH2]CCCCC)([CH2]CCCCC)[CH2]CCCCC. The molecule has 0 aliphatic carbocycles. The summed E-state index contributed by atoms with van der Waals surface area (Å²) in [7, 11) is 0.